The van der Waals surface area contributed by atoms with Crippen LogP contribution in [0.4, 0.5) is 24.8 Å². The van der Waals surface area contributed by atoms with Gasteiger partial charge in [0.2, 0.25) is 0 Å². The number of halogens is 3. The van der Waals surface area contributed by atoms with Crippen LogP contribution in [0.2, 0.25) is 0 Å². The van der Waals surface area contributed by atoms with Gasteiger partial charge in [-0.05, 0) is 86.1 Å². The van der Waals surface area contributed by atoms with Crippen molar-refractivity contribution in [1.82, 2.24) is 20.2 Å². The number of ether oxygens (including phenoxy) is 1. The summed E-state index contributed by atoms with van der Waals surface area (Å²) in [7, 11) is 3.08. The molecule has 1 aromatic carbocycles. The van der Waals surface area contributed by atoms with Crippen molar-refractivity contribution in [3.63, 3.8) is 0 Å². The molecule has 2 aromatic rings. The first kappa shape index (κ1) is 26.2. The van der Waals surface area contributed by atoms with Gasteiger partial charge in [0.25, 0.3) is 5.95 Å². The number of alkyl halides is 3. The van der Waals surface area contributed by atoms with Crippen LogP contribution in [0.3, 0.4) is 0 Å². The molecule has 1 fully saturated rings. The fraction of sp³-hybridized carbons (Fsp3) is 0.680. The van der Waals surface area contributed by atoms with E-state index >= 15 is 0 Å². The third-order valence-corrected chi connectivity index (χ3v) is 7.61. The second kappa shape index (κ2) is 10.6. The Kier molecular flexibility index (Phi) is 7.75. The van der Waals surface area contributed by atoms with Crippen LogP contribution in [0.15, 0.2) is 6.07 Å². The number of hydrogen-bond donors (Lipinski definition) is 1. The fourth-order valence-corrected chi connectivity index (χ4v) is 5.96. The number of hydrogen-bond acceptors (Lipinski definition) is 7. The van der Waals surface area contributed by atoms with Gasteiger partial charge >= 0.3 is 12.1 Å². The van der Waals surface area contributed by atoms with E-state index in [9.17, 15) is 18.0 Å². The van der Waals surface area contributed by atoms with Crippen LogP contribution in [0.25, 0.3) is 0 Å². The normalized spacial score (nSPS) is 22.6. The molecule has 1 aromatic heterocycles. The molecule has 1 N–H and O–H groups in total. The van der Waals surface area contributed by atoms with Crippen molar-refractivity contribution in [3.05, 3.63) is 28.3 Å². The second-order valence-corrected chi connectivity index (χ2v) is 10.2. The average molecular weight is 509 g/mol. The van der Waals surface area contributed by atoms with E-state index in [1.807, 2.05) is 0 Å². The summed E-state index contributed by atoms with van der Waals surface area (Å²) in [6, 6.07) is 1.47. The summed E-state index contributed by atoms with van der Waals surface area (Å²) in [5, 5.41) is 15.4. The number of nitrogens with zero attached hydrogens (tertiary/aromatic N) is 5. The lowest BCUT2D eigenvalue weighted by atomic mass is 9.80. The zero-order valence-corrected chi connectivity index (χ0v) is 21.4. The molecule has 198 valence electrons. The monoisotopic (exact) mass is 508 g/mol. The van der Waals surface area contributed by atoms with E-state index in [2.05, 4.69) is 25.6 Å². The zero-order valence-electron chi connectivity index (χ0n) is 21.4. The predicted octanol–water partition coefficient (Wildman–Crippen LogP) is 4.97. The topological polar surface area (TPSA) is 85.2 Å². The van der Waals surface area contributed by atoms with Crippen LogP contribution < -0.4 is 10.2 Å². The standard InChI is InChI=1S/C25H35F3N6O2/c1-15-12-19-20(29-24-30-32-33(3)31-24)6-5-11-34(23(19)16(2)22(15)25(26,27)28)14-18-9-7-17(8-10-18)13-21(35)36-4/h12,17-18,20H,5-11,13-14H2,1-4H3,(H,29,31). The molecule has 1 atom stereocenters. The Balaban J connectivity index is 1.62. The smallest absolute Gasteiger partial charge is 0.416 e. The van der Waals surface area contributed by atoms with Gasteiger partial charge in [-0.25, -0.2) is 0 Å². The number of nitrogens with one attached hydrogen (secondary N) is 1. The summed E-state index contributed by atoms with van der Waals surface area (Å²) < 4.78 is 47.1. The molecule has 0 saturated heterocycles. The van der Waals surface area contributed by atoms with Gasteiger partial charge < -0.3 is 15.0 Å². The van der Waals surface area contributed by atoms with Crippen LogP contribution in [0.5, 0.6) is 0 Å². The van der Waals surface area contributed by atoms with E-state index in [-0.39, 0.29) is 23.1 Å². The molecule has 0 bridgehead atoms. The van der Waals surface area contributed by atoms with E-state index in [4.69, 9.17) is 4.74 Å². The maximum absolute atomic E-state index is 14.1. The van der Waals surface area contributed by atoms with Crippen molar-refractivity contribution in [2.24, 2.45) is 18.9 Å². The van der Waals surface area contributed by atoms with Gasteiger partial charge in [0, 0.05) is 25.2 Å². The van der Waals surface area contributed by atoms with Gasteiger partial charge in [-0.1, -0.05) is 11.2 Å². The molecule has 36 heavy (non-hydrogen) atoms. The van der Waals surface area contributed by atoms with Crippen molar-refractivity contribution >= 4 is 17.6 Å². The first-order valence-electron chi connectivity index (χ1n) is 12.6. The molecular formula is C25H35F3N6O2. The molecule has 2 heterocycles. The number of tetrazole rings is 1. The Morgan fingerprint density at radius 1 is 1.17 bits per heavy atom. The minimum atomic E-state index is -4.43. The highest BCUT2D eigenvalue weighted by Gasteiger charge is 2.38. The molecule has 0 amide bonds. The molecule has 4 rings (SSSR count). The molecule has 1 unspecified atom stereocenters. The fourth-order valence-electron chi connectivity index (χ4n) is 5.96. The average Bonchev–Trinajstić information content (AvgIpc) is 3.14. The number of methoxy groups -OCH3 is 1. The minimum Gasteiger partial charge on any atom is -0.469 e. The van der Waals surface area contributed by atoms with Crippen LogP contribution >= 0.6 is 0 Å². The molecule has 0 radical (unpaired) electrons. The van der Waals surface area contributed by atoms with E-state index in [0.29, 0.717) is 43.0 Å². The van der Waals surface area contributed by atoms with Crippen molar-refractivity contribution in [2.75, 3.05) is 30.4 Å². The second-order valence-electron chi connectivity index (χ2n) is 10.2. The minimum absolute atomic E-state index is 0.179. The number of benzene rings is 1. The summed E-state index contributed by atoms with van der Waals surface area (Å²) in [5.41, 5.74) is 1.47. The lowest BCUT2D eigenvalue weighted by Crippen LogP contribution is -2.33. The van der Waals surface area contributed by atoms with Gasteiger partial charge in [-0.3, -0.25) is 4.79 Å². The number of aryl methyl sites for hydroxylation is 2. The number of fused-ring (bicyclic) bond motifs is 1. The van der Waals surface area contributed by atoms with Crippen LogP contribution in [-0.2, 0) is 22.8 Å². The quantitative estimate of drug-likeness (QED) is 0.552. The van der Waals surface area contributed by atoms with Gasteiger partial charge in [-0.2, -0.15) is 18.0 Å². The highest BCUT2D eigenvalue weighted by atomic mass is 19.4. The largest absolute Gasteiger partial charge is 0.469 e. The first-order chi connectivity index (χ1) is 17.1. The van der Waals surface area contributed by atoms with Gasteiger partial charge in [0.15, 0.2) is 0 Å². The summed E-state index contributed by atoms with van der Waals surface area (Å²) in [6.45, 7) is 4.51. The highest BCUT2D eigenvalue weighted by Crippen LogP contribution is 2.45. The number of esters is 1. The van der Waals surface area contributed by atoms with Crippen LogP contribution in [0.1, 0.15) is 73.2 Å². The van der Waals surface area contributed by atoms with Crippen molar-refractivity contribution in [1.29, 1.82) is 0 Å². The SMILES string of the molecule is COC(=O)CC1CCC(CN2CCCC(Nc3nnn(C)n3)c3cc(C)c(C(F)(F)F)c(C)c32)CC1. The Labute approximate surface area is 209 Å². The molecule has 1 aliphatic heterocycles. The molecule has 0 spiro atoms. The first-order valence-corrected chi connectivity index (χ1v) is 12.6. The highest BCUT2D eigenvalue weighted by molar-refractivity contribution is 5.69. The van der Waals surface area contributed by atoms with Gasteiger partial charge in [0.05, 0.1) is 25.8 Å². The van der Waals surface area contributed by atoms with Crippen LogP contribution in [-0.4, -0.2) is 46.4 Å². The van der Waals surface area contributed by atoms with E-state index in [1.54, 1.807) is 20.0 Å². The van der Waals surface area contributed by atoms with Crippen molar-refractivity contribution < 1.29 is 22.7 Å². The van der Waals surface area contributed by atoms with E-state index < -0.39 is 11.7 Å². The maximum Gasteiger partial charge on any atom is 0.416 e. The molecular weight excluding hydrogens is 473 g/mol. The maximum atomic E-state index is 14.1. The lowest BCUT2D eigenvalue weighted by Gasteiger charge is -2.35. The summed E-state index contributed by atoms with van der Waals surface area (Å²) in [6.07, 6.45) is 1.36. The van der Waals surface area contributed by atoms with Crippen molar-refractivity contribution in [3.8, 4) is 0 Å². The molecule has 8 nitrogen and oxygen atoms in total. The molecule has 1 aliphatic carbocycles. The number of aromatic nitrogens is 4. The summed E-state index contributed by atoms with van der Waals surface area (Å²) in [5.74, 6) is 0.870. The Morgan fingerprint density at radius 3 is 2.47 bits per heavy atom. The van der Waals surface area contributed by atoms with E-state index in [1.165, 1.54) is 18.8 Å². The Bertz CT molecular complexity index is 1080. The van der Waals surface area contributed by atoms with Gasteiger partial charge in [-0.15, -0.1) is 5.10 Å². The Hall–Kier alpha value is -2.85. The third kappa shape index (κ3) is 5.75. The zero-order chi connectivity index (χ0) is 26.0. The lowest BCUT2D eigenvalue weighted by molar-refractivity contribution is -0.142. The summed E-state index contributed by atoms with van der Waals surface area (Å²) in [4.78, 5) is 15.2. The number of carbonyl (C=O) groups excluding carboxylic acids is 1. The Morgan fingerprint density at radius 2 is 1.86 bits per heavy atom. The predicted molar refractivity (Wildman–Crippen MR) is 130 cm³/mol. The van der Waals surface area contributed by atoms with E-state index in [0.717, 1.165) is 44.1 Å². The van der Waals surface area contributed by atoms with Gasteiger partial charge in [0.1, 0.15) is 0 Å². The van der Waals surface area contributed by atoms with Crippen LogP contribution in [0, 0.1) is 25.7 Å². The number of rotatable bonds is 6. The summed E-state index contributed by atoms with van der Waals surface area (Å²) >= 11 is 0. The third-order valence-electron chi connectivity index (χ3n) is 7.61. The van der Waals surface area contributed by atoms with Crippen molar-refractivity contribution in [2.45, 2.75) is 71.0 Å². The molecule has 11 heteroatoms. The number of carbonyl (C=O) groups is 1. The molecule has 2 aliphatic rings. The number of anilines is 2. The molecule has 1 saturated carbocycles.